The van der Waals surface area contributed by atoms with Crippen molar-refractivity contribution in [3.8, 4) is 0 Å². The van der Waals surface area contributed by atoms with Crippen LogP contribution in [0.4, 0.5) is 13.2 Å². The molecule has 2 fully saturated rings. The molecule has 42 heavy (non-hydrogen) atoms. The molecule has 1 N–H and O–H groups in total. The molecule has 9 nitrogen and oxygen atoms in total. The van der Waals surface area contributed by atoms with Crippen molar-refractivity contribution >= 4 is 11.9 Å². The summed E-state index contributed by atoms with van der Waals surface area (Å²) in [6.07, 6.45) is -5.82. The van der Waals surface area contributed by atoms with Gasteiger partial charge >= 0.3 is 18.1 Å². The number of dihydropyridines is 1. The quantitative estimate of drug-likeness (QED) is 0.431. The van der Waals surface area contributed by atoms with Gasteiger partial charge in [-0.1, -0.05) is 18.2 Å². The molecular formula is C30H40F3N3O6. The van der Waals surface area contributed by atoms with Crippen LogP contribution in [0, 0.1) is 0 Å². The summed E-state index contributed by atoms with van der Waals surface area (Å²) in [5.41, 5.74) is -0.633. The van der Waals surface area contributed by atoms with E-state index < -0.39 is 41.8 Å². The van der Waals surface area contributed by atoms with Crippen molar-refractivity contribution in [2.75, 3.05) is 65.7 Å². The van der Waals surface area contributed by atoms with E-state index in [0.29, 0.717) is 77.1 Å². The van der Waals surface area contributed by atoms with Gasteiger partial charge in [-0.25, -0.2) is 9.59 Å². The molecule has 232 valence electrons. The standard InChI is InChI=1S/C30H40F3N3O6/c1-19(17-35-9-13-39-14-10-35)41-28(37)25-21(3)34-22(4)26(27(25)23-7-5-6-8-24(23)30(31,32)33)29(38)42-20(2)18-36-11-15-40-16-12-36/h5-8,19-20,27,34H,9-18H2,1-4H3. The van der Waals surface area contributed by atoms with Crippen LogP contribution in [0.25, 0.3) is 0 Å². The zero-order valence-corrected chi connectivity index (χ0v) is 24.6. The van der Waals surface area contributed by atoms with Gasteiger partial charge in [0.05, 0.1) is 49.1 Å². The molecule has 0 spiro atoms. The van der Waals surface area contributed by atoms with Gasteiger partial charge in [-0.05, 0) is 39.3 Å². The first kappa shape index (κ1) is 32.0. The van der Waals surface area contributed by atoms with Gasteiger partial charge in [-0.15, -0.1) is 0 Å². The summed E-state index contributed by atoms with van der Waals surface area (Å²) < 4.78 is 65.2. The molecule has 12 heteroatoms. The fraction of sp³-hybridized carbons (Fsp3) is 0.600. The smallest absolute Gasteiger partial charge is 0.416 e. The van der Waals surface area contributed by atoms with Crippen LogP contribution >= 0.6 is 0 Å². The van der Waals surface area contributed by atoms with Gasteiger partial charge in [0, 0.05) is 50.7 Å². The Balaban J connectivity index is 1.65. The largest absolute Gasteiger partial charge is 0.458 e. The van der Waals surface area contributed by atoms with Crippen molar-refractivity contribution in [3.05, 3.63) is 57.9 Å². The molecule has 0 amide bonds. The molecule has 0 saturated carbocycles. The average molecular weight is 596 g/mol. The zero-order chi connectivity index (χ0) is 30.4. The highest BCUT2D eigenvalue weighted by atomic mass is 19.4. The molecule has 0 aromatic heterocycles. The third-order valence-corrected chi connectivity index (χ3v) is 7.63. The maximum Gasteiger partial charge on any atom is 0.416 e. The highest BCUT2D eigenvalue weighted by molar-refractivity contribution is 6.00. The Morgan fingerprint density at radius 1 is 0.857 bits per heavy atom. The lowest BCUT2D eigenvalue weighted by Gasteiger charge is -2.34. The lowest BCUT2D eigenvalue weighted by atomic mass is 9.78. The van der Waals surface area contributed by atoms with E-state index >= 15 is 0 Å². The molecule has 1 aromatic carbocycles. The predicted octanol–water partition coefficient (Wildman–Crippen LogP) is 3.47. The number of carbonyl (C=O) groups is 2. The van der Waals surface area contributed by atoms with Gasteiger partial charge in [0.15, 0.2) is 0 Å². The van der Waals surface area contributed by atoms with Gasteiger partial charge < -0.3 is 24.3 Å². The second-order valence-corrected chi connectivity index (χ2v) is 11.0. The Morgan fingerprint density at radius 2 is 1.29 bits per heavy atom. The van der Waals surface area contributed by atoms with Crippen molar-refractivity contribution in [2.24, 2.45) is 0 Å². The number of hydrogen-bond acceptors (Lipinski definition) is 9. The lowest BCUT2D eigenvalue weighted by molar-refractivity contribution is -0.146. The molecule has 0 radical (unpaired) electrons. The van der Waals surface area contributed by atoms with Crippen LogP contribution in [0.2, 0.25) is 0 Å². The maximum atomic E-state index is 14.3. The molecule has 2 unspecified atom stereocenters. The number of benzene rings is 1. The number of rotatable bonds is 9. The highest BCUT2D eigenvalue weighted by Gasteiger charge is 2.43. The number of carbonyl (C=O) groups excluding carboxylic acids is 2. The fourth-order valence-corrected chi connectivity index (χ4v) is 5.71. The van der Waals surface area contributed by atoms with Crippen molar-refractivity contribution in [1.82, 2.24) is 15.1 Å². The topological polar surface area (TPSA) is 89.6 Å². The summed E-state index contributed by atoms with van der Waals surface area (Å²) in [7, 11) is 0. The summed E-state index contributed by atoms with van der Waals surface area (Å²) in [6, 6.07) is 5.00. The number of nitrogens with zero attached hydrogens (tertiary/aromatic N) is 2. The predicted molar refractivity (Wildman–Crippen MR) is 148 cm³/mol. The van der Waals surface area contributed by atoms with E-state index in [0.717, 1.165) is 6.07 Å². The minimum absolute atomic E-state index is 0.0566. The van der Waals surface area contributed by atoms with E-state index in [1.807, 2.05) is 0 Å². The van der Waals surface area contributed by atoms with E-state index in [9.17, 15) is 22.8 Å². The van der Waals surface area contributed by atoms with Crippen LogP contribution in [-0.4, -0.2) is 99.6 Å². The third kappa shape index (κ3) is 7.91. The maximum absolute atomic E-state index is 14.3. The second-order valence-electron chi connectivity index (χ2n) is 11.0. The summed E-state index contributed by atoms with van der Waals surface area (Å²) in [5, 5.41) is 3.03. The Hall–Kier alpha value is -2.93. The van der Waals surface area contributed by atoms with Crippen molar-refractivity contribution in [3.63, 3.8) is 0 Å². The Bertz CT molecular complexity index is 1130. The van der Waals surface area contributed by atoms with Crippen LogP contribution in [0.3, 0.4) is 0 Å². The Labute approximate surface area is 244 Å². The number of nitrogens with one attached hydrogen (secondary N) is 1. The molecule has 0 aliphatic carbocycles. The van der Waals surface area contributed by atoms with Gasteiger partial charge in [0.25, 0.3) is 0 Å². The lowest BCUT2D eigenvalue weighted by Crippen LogP contribution is -2.42. The number of morpholine rings is 2. The van der Waals surface area contributed by atoms with Crippen molar-refractivity contribution in [1.29, 1.82) is 0 Å². The van der Waals surface area contributed by atoms with E-state index in [1.165, 1.54) is 18.2 Å². The molecule has 3 aliphatic rings. The summed E-state index contributed by atoms with van der Waals surface area (Å²) in [6.45, 7) is 12.6. The second kappa shape index (κ2) is 14.0. The minimum Gasteiger partial charge on any atom is -0.458 e. The third-order valence-electron chi connectivity index (χ3n) is 7.63. The van der Waals surface area contributed by atoms with Crippen LogP contribution in [0.5, 0.6) is 0 Å². The number of allylic oxidation sites excluding steroid dienone is 2. The first-order chi connectivity index (χ1) is 20.0. The molecule has 3 heterocycles. The number of alkyl halides is 3. The van der Waals surface area contributed by atoms with E-state index in [2.05, 4.69) is 15.1 Å². The van der Waals surface area contributed by atoms with Gasteiger partial charge in [-0.2, -0.15) is 13.2 Å². The van der Waals surface area contributed by atoms with Crippen molar-refractivity contribution < 1.29 is 41.7 Å². The summed E-state index contributed by atoms with van der Waals surface area (Å²) in [4.78, 5) is 31.7. The van der Waals surface area contributed by atoms with E-state index in [1.54, 1.807) is 27.7 Å². The van der Waals surface area contributed by atoms with E-state index in [4.69, 9.17) is 18.9 Å². The molecule has 1 aromatic rings. The number of hydrogen-bond donors (Lipinski definition) is 1. The van der Waals surface area contributed by atoms with Crippen molar-refractivity contribution in [2.45, 2.75) is 52.0 Å². The highest BCUT2D eigenvalue weighted by Crippen LogP contribution is 2.44. The van der Waals surface area contributed by atoms with Crippen LogP contribution in [0.1, 0.15) is 44.7 Å². The average Bonchev–Trinajstić information content (AvgIpc) is 2.93. The van der Waals surface area contributed by atoms with Crippen LogP contribution < -0.4 is 5.32 Å². The molecular weight excluding hydrogens is 555 g/mol. The molecule has 0 bridgehead atoms. The molecule has 3 aliphatic heterocycles. The first-order valence-electron chi connectivity index (χ1n) is 14.3. The van der Waals surface area contributed by atoms with Gasteiger partial charge in [0.1, 0.15) is 12.2 Å². The van der Waals surface area contributed by atoms with Gasteiger partial charge in [-0.3, -0.25) is 9.80 Å². The summed E-state index contributed by atoms with van der Waals surface area (Å²) in [5.74, 6) is -2.93. The van der Waals surface area contributed by atoms with Crippen LogP contribution in [0.15, 0.2) is 46.8 Å². The first-order valence-corrected chi connectivity index (χ1v) is 14.3. The number of halogens is 3. The molecule has 2 saturated heterocycles. The SMILES string of the molecule is CC1=C(C(=O)OC(C)CN2CCOCC2)C(c2ccccc2C(F)(F)F)C(C(=O)OC(C)CN2CCOCC2)=C(C)N1. The molecule has 4 rings (SSSR count). The Morgan fingerprint density at radius 3 is 1.71 bits per heavy atom. The van der Waals surface area contributed by atoms with Crippen LogP contribution in [-0.2, 0) is 34.7 Å². The minimum atomic E-state index is -4.72. The zero-order valence-electron chi connectivity index (χ0n) is 24.6. The fourth-order valence-electron chi connectivity index (χ4n) is 5.71. The monoisotopic (exact) mass is 595 g/mol. The molecule has 2 atom stereocenters. The van der Waals surface area contributed by atoms with E-state index in [-0.39, 0.29) is 16.7 Å². The normalized spacial score (nSPS) is 22.4. The van der Waals surface area contributed by atoms with Gasteiger partial charge in [0.2, 0.25) is 0 Å². The summed E-state index contributed by atoms with van der Waals surface area (Å²) >= 11 is 0. The Kier molecular flexibility index (Phi) is 10.7. The number of esters is 2. The number of ether oxygens (including phenoxy) is 4.